The third-order valence-corrected chi connectivity index (χ3v) is 13.3. The smallest absolute Gasteiger partial charge is 0.143 e. The molecule has 0 fully saturated rings. The number of hydrogen-bond acceptors (Lipinski definition) is 1. The maximum Gasteiger partial charge on any atom is 0.143 e. The van der Waals surface area contributed by atoms with E-state index in [0.29, 0.717) is 0 Å². The topological polar surface area (TPSA) is 13.1 Å². The first kappa shape index (κ1) is 35.5. The van der Waals surface area contributed by atoms with Crippen LogP contribution in [-0.4, -0.2) is 0 Å². The van der Waals surface area contributed by atoms with E-state index in [0.717, 1.165) is 33.1 Å². The van der Waals surface area contributed by atoms with Gasteiger partial charge < -0.3 is 4.42 Å². The van der Waals surface area contributed by atoms with E-state index in [-0.39, 0.29) is 0 Å². The number of furan rings is 1. The lowest BCUT2D eigenvalue weighted by molar-refractivity contribution is 0.670. The van der Waals surface area contributed by atoms with Gasteiger partial charge in [0.05, 0.1) is 0 Å². The van der Waals surface area contributed by atoms with Crippen LogP contribution in [0, 0.1) is 0 Å². The first-order valence-electron chi connectivity index (χ1n) is 21.7. The van der Waals surface area contributed by atoms with Crippen molar-refractivity contribution < 1.29 is 4.42 Å². The highest BCUT2D eigenvalue weighted by Gasteiger charge is 2.21. The van der Waals surface area contributed by atoms with E-state index < -0.39 is 0 Å². The van der Waals surface area contributed by atoms with Gasteiger partial charge in [0, 0.05) is 16.3 Å². The SMILES string of the molecule is c1ccc2c(-c3ccc(-c4c5ccccc5c(-c5ccc(-c6cccc7ccccc67)cc5)c5cc(-c6c7ccccc7cc7c6oc6ccccc67)ccc45)cc3)cccc2c1. The molecule has 0 atom stereocenters. The highest BCUT2D eigenvalue weighted by molar-refractivity contribution is 6.24. The molecular formula is C62H38O. The number of para-hydroxylation sites is 1. The van der Waals surface area contributed by atoms with Crippen LogP contribution < -0.4 is 0 Å². The molecule has 0 aliphatic carbocycles. The first-order valence-corrected chi connectivity index (χ1v) is 21.7. The molecule has 0 unspecified atom stereocenters. The van der Waals surface area contributed by atoms with Gasteiger partial charge in [-0.3, -0.25) is 0 Å². The lowest BCUT2D eigenvalue weighted by atomic mass is 9.83. The van der Waals surface area contributed by atoms with Gasteiger partial charge in [-0.15, -0.1) is 0 Å². The van der Waals surface area contributed by atoms with Crippen LogP contribution in [0.25, 0.3) is 131 Å². The van der Waals surface area contributed by atoms with Gasteiger partial charge in [0.15, 0.2) is 0 Å². The van der Waals surface area contributed by atoms with Crippen LogP contribution in [0.15, 0.2) is 235 Å². The summed E-state index contributed by atoms with van der Waals surface area (Å²) in [6.45, 7) is 0. The molecule has 1 aromatic heterocycles. The molecule has 1 heterocycles. The van der Waals surface area contributed by atoms with Crippen LogP contribution in [0.2, 0.25) is 0 Å². The predicted octanol–water partition coefficient (Wildman–Crippen LogP) is 17.7. The summed E-state index contributed by atoms with van der Waals surface area (Å²) >= 11 is 0. The second kappa shape index (κ2) is 14.2. The second-order valence-electron chi connectivity index (χ2n) is 16.7. The van der Waals surface area contributed by atoms with Crippen LogP contribution in [0.3, 0.4) is 0 Å². The average Bonchev–Trinajstić information content (AvgIpc) is 3.72. The molecule has 0 saturated heterocycles. The number of fused-ring (bicyclic) bond motifs is 8. The van der Waals surface area contributed by atoms with Crippen molar-refractivity contribution in [2.75, 3.05) is 0 Å². The fourth-order valence-electron chi connectivity index (χ4n) is 10.4. The van der Waals surface area contributed by atoms with Crippen LogP contribution in [0.5, 0.6) is 0 Å². The molecule has 0 N–H and O–H groups in total. The Hall–Kier alpha value is -8.26. The molecule has 0 aliphatic rings. The average molecular weight is 799 g/mol. The second-order valence-corrected chi connectivity index (χ2v) is 16.7. The summed E-state index contributed by atoms with van der Waals surface area (Å²) in [5.74, 6) is 0. The third-order valence-electron chi connectivity index (χ3n) is 13.3. The fourth-order valence-corrected chi connectivity index (χ4v) is 10.4. The molecule has 13 aromatic rings. The minimum absolute atomic E-state index is 0.900. The Morgan fingerprint density at radius 3 is 1.25 bits per heavy atom. The van der Waals surface area contributed by atoms with Crippen molar-refractivity contribution in [1.29, 1.82) is 0 Å². The van der Waals surface area contributed by atoms with Crippen molar-refractivity contribution in [2.24, 2.45) is 0 Å². The maximum atomic E-state index is 6.80. The molecule has 0 aliphatic heterocycles. The Morgan fingerprint density at radius 1 is 0.222 bits per heavy atom. The molecular weight excluding hydrogens is 761 g/mol. The van der Waals surface area contributed by atoms with E-state index in [1.165, 1.54) is 98.4 Å². The maximum absolute atomic E-state index is 6.80. The fraction of sp³-hybridized carbons (Fsp3) is 0. The minimum atomic E-state index is 0.900. The standard InChI is InChI=1S/C62H38O/c1-4-18-47-39(13-1)16-11-24-49(47)41-27-31-43(32-28-41)59-53-22-7-8-23-54(53)60(44-33-29-42(30-34-44)50-25-12-17-40-14-2-5-19-48(40)50)56-38-46(35-36-55(56)59)61-51-20-6-3-15-45(51)37-57-52-21-9-10-26-58(52)63-62(57)61/h1-38H. The van der Waals surface area contributed by atoms with Gasteiger partial charge in [0.2, 0.25) is 0 Å². The highest BCUT2D eigenvalue weighted by atomic mass is 16.3. The van der Waals surface area contributed by atoms with E-state index in [1.54, 1.807) is 0 Å². The van der Waals surface area contributed by atoms with E-state index >= 15 is 0 Å². The summed E-state index contributed by atoms with van der Waals surface area (Å²) in [5, 5.41) is 14.5. The summed E-state index contributed by atoms with van der Waals surface area (Å²) in [6.07, 6.45) is 0. The summed E-state index contributed by atoms with van der Waals surface area (Å²) < 4.78 is 6.80. The molecule has 0 amide bonds. The largest absolute Gasteiger partial charge is 0.455 e. The van der Waals surface area contributed by atoms with Crippen molar-refractivity contribution in [2.45, 2.75) is 0 Å². The van der Waals surface area contributed by atoms with Gasteiger partial charge in [-0.25, -0.2) is 0 Å². The van der Waals surface area contributed by atoms with E-state index in [2.05, 4.69) is 231 Å². The van der Waals surface area contributed by atoms with Crippen molar-refractivity contribution in [1.82, 2.24) is 0 Å². The summed E-state index contributed by atoms with van der Waals surface area (Å²) in [4.78, 5) is 0. The quantitative estimate of drug-likeness (QED) is 0.158. The molecule has 1 nitrogen and oxygen atoms in total. The van der Waals surface area contributed by atoms with Gasteiger partial charge in [-0.2, -0.15) is 0 Å². The van der Waals surface area contributed by atoms with Gasteiger partial charge in [0.25, 0.3) is 0 Å². The zero-order valence-corrected chi connectivity index (χ0v) is 34.3. The monoisotopic (exact) mass is 798 g/mol. The predicted molar refractivity (Wildman–Crippen MR) is 268 cm³/mol. The Morgan fingerprint density at radius 2 is 0.651 bits per heavy atom. The number of rotatable bonds is 5. The molecule has 0 saturated carbocycles. The van der Waals surface area contributed by atoms with Crippen LogP contribution in [0.1, 0.15) is 0 Å². The normalized spacial score (nSPS) is 11.8. The summed E-state index contributed by atoms with van der Waals surface area (Å²) in [7, 11) is 0. The third kappa shape index (κ3) is 5.64. The Kier molecular flexibility index (Phi) is 7.98. The van der Waals surface area contributed by atoms with E-state index in [1.807, 2.05) is 0 Å². The van der Waals surface area contributed by atoms with Crippen LogP contribution >= 0.6 is 0 Å². The lowest BCUT2D eigenvalue weighted by Gasteiger charge is -2.20. The lowest BCUT2D eigenvalue weighted by Crippen LogP contribution is -1.93. The summed E-state index contributed by atoms with van der Waals surface area (Å²) in [6, 6.07) is 84.4. The van der Waals surface area contributed by atoms with Crippen molar-refractivity contribution in [3.63, 3.8) is 0 Å². The molecule has 0 spiro atoms. The zero-order chi connectivity index (χ0) is 41.4. The zero-order valence-electron chi connectivity index (χ0n) is 34.3. The molecule has 63 heavy (non-hydrogen) atoms. The van der Waals surface area contributed by atoms with Gasteiger partial charge in [0.1, 0.15) is 11.2 Å². The van der Waals surface area contributed by atoms with E-state index in [4.69, 9.17) is 4.42 Å². The molecule has 13 rings (SSSR count). The van der Waals surface area contributed by atoms with Crippen molar-refractivity contribution in [3.8, 4) is 55.6 Å². The Bertz CT molecular complexity index is 3930. The first-order chi connectivity index (χ1) is 31.2. The Balaban J connectivity index is 1.07. The minimum Gasteiger partial charge on any atom is -0.455 e. The van der Waals surface area contributed by atoms with Crippen molar-refractivity contribution >= 4 is 75.8 Å². The summed E-state index contributed by atoms with van der Waals surface area (Å²) in [5.41, 5.74) is 13.8. The number of hydrogen-bond donors (Lipinski definition) is 0. The Labute approximate surface area is 364 Å². The molecule has 1 heteroatoms. The van der Waals surface area contributed by atoms with Crippen LogP contribution in [0.4, 0.5) is 0 Å². The number of benzene rings is 12. The molecule has 0 radical (unpaired) electrons. The van der Waals surface area contributed by atoms with Gasteiger partial charge in [-0.1, -0.05) is 212 Å². The molecule has 0 bridgehead atoms. The van der Waals surface area contributed by atoms with Crippen LogP contribution in [-0.2, 0) is 0 Å². The highest BCUT2D eigenvalue weighted by Crippen LogP contribution is 2.48. The van der Waals surface area contributed by atoms with Gasteiger partial charge in [-0.05, 0) is 122 Å². The van der Waals surface area contributed by atoms with Crippen molar-refractivity contribution in [3.05, 3.63) is 231 Å². The van der Waals surface area contributed by atoms with Gasteiger partial charge >= 0.3 is 0 Å². The molecule has 12 aromatic carbocycles. The molecule has 292 valence electrons. The van der Waals surface area contributed by atoms with E-state index in [9.17, 15) is 0 Å².